The van der Waals surface area contributed by atoms with Crippen molar-refractivity contribution in [1.29, 1.82) is 0 Å². The molecular weight excluding hydrogens is 363 g/mol. The minimum atomic E-state index is -1.17. The normalized spacial score (nSPS) is 15.0. The van der Waals surface area contributed by atoms with E-state index in [-0.39, 0.29) is 28.4 Å². The minimum Gasteiger partial charge on any atom is -0.480 e. The molecule has 26 heavy (non-hydrogen) atoms. The fourth-order valence-corrected chi connectivity index (χ4v) is 3.10. The van der Waals surface area contributed by atoms with Crippen molar-refractivity contribution >= 4 is 34.4 Å². The Kier molecular flexibility index (Phi) is 5.00. The molecule has 1 aromatic carbocycles. The number of aliphatic carboxylic acids is 1. The van der Waals surface area contributed by atoms with Crippen LogP contribution in [0.25, 0.3) is 10.9 Å². The Balaban J connectivity index is 2.10. The summed E-state index contributed by atoms with van der Waals surface area (Å²) in [6.45, 7) is 1.80. The molecule has 1 aliphatic carbocycles. The van der Waals surface area contributed by atoms with E-state index in [4.69, 9.17) is 11.6 Å². The van der Waals surface area contributed by atoms with Gasteiger partial charge in [-0.25, -0.2) is 9.18 Å². The van der Waals surface area contributed by atoms with Crippen LogP contribution >= 0.6 is 11.6 Å². The molecule has 0 spiro atoms. The molecule has 1 unspecified atom stereocenters. The maximum atomic E-state index is 13.9. The summed E-state index contributed by atoms with van der Waals surface area (Å²) in [5.41, 5.74) is -0.386. The first kappa shape index (κ1) is 18.4. The Morgan fingerprint density at radius 1 is 1.42 bits per heavy atom. The summed E-state index contributed by atoms with van der Waals surface area (Å²) < 4.78 is 15.6. The van der Waals surface area contributed by atoms with Crippen molar-refractivity contribution in [3.05, 3.63) is 45.0 Å². The van der Waals surface area contributed by atoms with E-state index in [9.17, 15) is 23.9 Å². The SMILES string of the molecule is CCCC(NC(=O)c1cn(C2CC2)c2cc(Cl)c(F)cc2c1=O)C(=O)O. The van der Waals surface area contributed by atoms with Gasteiger partial charge >= 0.3 is 5.97 Å². The molecule has 1 aliphatic rings. The largest absolute Gasteiger partial charge is 0.480 e. The average molecular weight is 381 g/mol. The Labute approximate surface area is 153 Å². The van der Waals surface area contributed by atoms with Gasteiger partial charge in [-0.2, -0.15) is 0 Å². The number of pyridine rings is 1. The lowest BCUT2D eigenvalue weighted by Crippen LogP contribution is -2.42. The highest BCUT2D eigenvalue weighted by atomic mass is 35.5. The molecule has 0 radical (unpaired) electrons. The van der Waals surface area contributed by atoms with Crippen molar-refractivity contribution in [2.75, 3.05) is 0 Å². The fourth-order valence-electron chi connectivity index (χ4n) is 2.94. The van der Waals surface area contributed by atoms with Crippen LogP contribution in [0, 0.1) is 5.82 Å². The van der Waals surface area contributed by atoms with Gasteiger partial charge in [0.1, 0.15) is 17.4 Å². The van der Waals surface area contributed by atoms with Crippen LogP contribution in [-0.4, -0.2) is 27.6 Å². The summed E-state index contributed by atoms with van der Waals surface area (Å²) >= 11 is 5.84. The quantitative estimate of drug-likeness (QED) is 0.805. The Morgan fingerprint density at radius 2 is 2.12 bits per heavy atom. The van der Waals surface area contributed by atoms with Crippen LogP contribution in [0.3, 0.4) is 0 Å². The zero-order valence-corrected chi connectivity index (χ0v) is 14.8. The van der Waals surface area contributed by atoms with Crippen molar-refractivity contribution in [1.82, 2.24) is 9.88 Å². The zero-order valence-electron chi connectivity index (χ0n) is 14.1. The third-order valence-electron chi connectivity index (χ3n) is 4.44. The first-order valence-corrected chi connectivity index (χ1v) is 8.78. The van der Waals surface area contributed by atoms with Crippen LogP contribution in [0.15, 0.2) is 23.1 Å². The molecule has 2 N–H and O–H groups in total. The third-order valence-corrected chi connectivity index (χ3v) is 4.73. The molecule has 1 aromatic heterocycles. The third kappa shape index (κ3) is 3.44. The Bertz CT molecular complexity index is 952. The lowest BCUT2D eigenvalue weighted by Gasteiger charge is -2.16. The van der Waals surface area contributed by atoms with Crippen molar-refractivity contribution in [2.24, 2.45) is 0 Å². The smallest absolute Gasteiger partial charge is 0.326 e. The van der Waals surface area contributed by atoms with E-state index in [2.05, 4.69) is 5.32 Å². The number of hydrogen-bond donors (Lipinski definition) is 2. The summed E-state index contributed by atoms with van der Waals surface area (Å²) in [5, 5.41) is 11.5. The second-order valence-electron chi connectivity index (χ2n) is 6.45. The predicted octanol–water partition coefficient (Wildman–Crippen LogP) is 3.11. The lowest BCUT2D eigenvalue weighted by atomic mass is 10.1. The van der Waals surface area contributed by atoms with Gasteiger partial charge in [-0.1, -0.05) is 24.9 Å². The number of aromatic nitrogens is 1. The summed E-state index contributed by atoms with van der Waals surface area (Å²) in [5.74, 6) is -2.69. The van der Waals surface area contributed by atoms with Crippen LogP contribution in [0.1, 0.15) is 49.0 Å². The van der Waals surface area contributed by atoms with Crippen molar-refractivity contribution in [2.45, 2.75) is 44.7 Å². The van der Waals surface area contributed by atoms with Gasteiger partial charge in [-0.15, -0.1) is 0 Å². The number of carbonyl (C=O) groups is 2. The highest BCUT2D eigenvalue weighted by Gasteiger charge is 2.28. The number of benzene rings is 1. The average Bonchev–Trinajstić information content (AvgIpc) is 3.41. The number of carbonyl (C=O) groups excluding carboxylic acids is 1. The molecule has 0 saturated heterocycles. The molecular formula is C18H18ClFN2O4. The van der Waals surface area contributed by atoms with E-state index < -0.39 is 29.2 Å². The number of rotatable bonds is 6. The van der Waals surface area contributed by atoms with E-state index in [1.54, 1.807) is 11.5 Å². The molecule has 8 heteroatoms. The molecule has 3 rings (SSSR count). The first-order valence-electron chi connectivity index (χ1n) is 8.41. The van der Waals surface area contributed by atoms with Crippen molar-refractivity contribution in [3.63, 3.8) is 0 Å². The Hall–Kier alpha value is -2.41. The summed E-state index contributed by atoms with van der Waals surface area (Å²) in [6.07, 6.45) is 3.97. The molecule has 1 atom stereocenters. The lowest BCUT2D eigenvalue weighted by molar-refractivity contribution is -0.139. The van der Waals surface area contributed by atoms with Crippen LogP contribution < -0.4 is 10.7 Å². The molecule has 1 amide bonds. The van der Waals surface area contributed by atoms with Gasteiger partial charge < -0.3 is 15.0 Å². The van der Waals surface area contributed by atoms with Crippen molar-refractivity contribution < 1.29 is 19.1 Å². The van der Waals surface area contributed by atoms with Crippen molar-refractivity contribution in [3.8, 4) is 0 Å². The second kappa shape index (κ2) is 7.07. The maximum absolute atomic E-state index is 13.9. The number of nitrogens with one attached hydrogen (secondary N) is 1. The van der Waals surface area contributed by atoms with Gasteiger partial charge in [0, 0.05) is 17.6 Å². The highest BCUT2D eigenvalue weighted by molar-refractivity contribution is 6.31. The molecule has 0 aliphatic heterocycles. The molecule has 0 bridgehead atoms. The summed E-state index contributed by atoms with van der Waals surface area (Å²) in [6, 6.07) is 1.43. The number of nitrogens with zero attached hydrogens (tertiary/aromatic N) is 1. The van der Waals surface area contributed by atoms with Crippen LogP contribution in [-0.2, 0) is 4.79 Å². The van der Waals surface area contributed by atoms with Gasteiger partial charge in [0.25, 0.3) is 5.91 Å². The standard InChI is InChI=1S/C18H18ClFN2O4/c1-2-3-14(18(25)26)21-17(24)11-8-22(9-4-5-9)15-7-12(19)13(20)6-10(15)16(11)23/h6-9,14H,2-5H2,1H3,(H,21,24)(H,25,26). The van der Waals surface area contributed by atoms with Gasteiger partial charge in [0.05, 0.1) is 10.5 Å². The Morgan fingerprint density at radius 3 is 2.69 bits per heavy atom. The summed E-state index contributed by atoms with van der Waals surface area (Å²) in [7, 11) is 0. The van der Waals surface area contributed by atoms with Gasteiger partial charge in [0.15, 0.2) is 0 Å². The zero-order chi connectivity index (χ0) is 19.0. The number of fused-ring (bicyclic) bond motifs is 1. The molecule has 1 saturated carbocycles. The topological polar surface area (TPSA) is 88.4 Å². The van der Waals surface area contributed by atoms with E-state index in [1.807, 2.05) is 0 Å². The second-order valence-corrected chi connectivity index (χ2v) is 6.85. The van der Waals surface area contributed by atoms with Crippen LogP contribution in [0.2, 0.25) is 5.02 Å². The van der Waals surface area contributed by atoms with E-state index in [1.165, 1.54) is 12.3 Å². The molecule has 1 heterocycles. The number of halogens is 2. The molecule has 1 fully saturated rings. The first-order chi connectivity index (χ1) is 12.3. The van der Waals surface area contributed by atoms with Gasteiger partial charge in [0.2, 0.25) is 5.43 Å². The van der Waals surface area contributed by atoms with E-state index >= 15 is 0 Å². The summed E-state index contributed by atoms with van der Waals surface area (Å²) in [4.78, 5) is 36.5. The molecule has 6 nitrogen and oxygen atoms in total. The molecule has 2 aromatic rings. The monoisotopic (exact) mass is 380 g/mol. The van der Waals surface area contributed by atoms with Crippen LogP contribution in [0.4, 0.5) is 4.39 Å². The fraction of sp³-hybridized carbons (Fsp3) is 0.389. The minimum absolute atomic E-state index is 0.0498. The van der Waals surface area contributed by atoms with E-state index in [0.717, 1.165) is 18.9 Å². The van der Waals surface area contributed by atoms with E-state index in [0.29, 0.717) is 11.9 Å². The van der Waals surface area contributed by atoms with Gasteiger partial charge in [-0.3, -0.25) is 9.59 Å². The molecule has 138 valence electrons. The van der Waals surface area contributed by atoms with Crippen LogP contribution in [0.5, 0.6) is 0 Å². The predicted molar refractivity (Wildman–Crippen MR) is 95.2 cm³/mol. The number of carboxylic acid groups (broad SMARTS) is 1. The number of hydrogen-bond acceptors (Lipinski definition) is 3. The number of amides is 1. The number of carboxylic acids is 1. The highest BCUT2D eigenvalue weighted by Crippen LogP contribution is 2.37. The maximum Gasteiger partial charge on any atom is 0.326 e. The van der Waals surface area contributed by atoms with Gasteiger partial charge in [-0.05, 0) is 31.4 Å².